The summed E-state index contributed by atoms with van der Waals surface area (Å²) in [4.78, 5) is 24.0. The average molecular weight is 385 g/mol. The maximum Gasteiger partial charge on any atom is 0.308 e. The Bertz CT molecular complexity index is 833. The molecule has 0 bridgehead atoms. The zero-order valence-corrected chi connectivity index (χ0v) is 15.6. The molecule has 0 saturated carbocycles. The highest BCUT2D eigenvalue weighted by Crippen LogP contribution is 2.30. The number of ether oxygens (including phenoxy) is 3. The maximum atomic E-state index is 12.4. The van der Waals surface area contributed by atoms with Gasteiger partial charge in [0.25, 0.3) is 5.91 Å². The van der Waals surface area contributed by atoms with E-state index in [4.69, 9.17) is 14.2 Å². The Balaban J connectivity index is 1.60. The second kappa shape index (κ2) is 9.12. The van der Waals surface area contributed by atoms with Crippen molar-refractivity contribution >= 4 is 11.9 Å². The van der Waals surface area contributed by atoms with Gasteiger partial charge in [-0.2, -0.15) is 0 Å². The van der Waals surface area contributed by atoms with E-state index in [1.54, 1.807) is 18.2 Å². The minimum atomic E-state index is -0.962. The fraction of sp³-hybridized carbons (Fsp3) is 0.333. The van der Waals surface area contributed by atoms with Crippen LogP contribution in [-0.4, -0.2) is 43.3 Å². The Morgan fingerprint density at radius 1 is 1.11 bits per heavy atom. The molecule has 1 unspecified atom stereocenters. The Morgan fingerprint density at radius 2 is 1.82 bits per heavy atom. The molecule has 1 atom stereocenters. The largest absolute Gasteiger partial charge is 0.494 e. The Labute approximate surface area is 163 Å². The van der Waals surface area contributed by atoms with Crippen molar-refractivity contribution in [1.29, 1.82) is 0 Å². The van der Waals surface area contributed by atoms with E-state index in [2.05, 4.69) is 5.32 Å². The molecule has 148 valence electrons. The van der Waals surface area contributed by atoms with Gasteiger partial charge in [-0.3, -0.25) is 9.59 Å². The number of carboxylic acids is 1. The van der Waals surface area contributed by atoms with Gasteiger partial charge in [0.15, 0.2) is 11.5 Å². The van der Waals surface area contributed by atoms with E-state index in [-0.39, 0.29) is 12.5 Å². The molecule has 0 aliphatic carbocycles. The smallest absolute Gasteiger partial charge is 0.308 e. The van der Waals surface area contributed by atoms with Crippen molar-refractivity contribution in [3.63, 3.8) is 0 Å². The molecule has 0 fully saturated rings. The summed E-state index contributed by atoms with van der Waals surface area (Å²) in [6.45, 7) is 3.41. The predicted molar refractivity (Wildman–Crippen MR) is 102 cm³/mol. The fourth-order valence-electron chi connectivity index (χ4n) is 2.92. The van der Waals surface area contributed by atoms with Crippen molar-refractivity contribution in [1.82, 2.24) is 5.32 Å². The maximum absolute atomic E-state index is 12.4. The number of carboxylic acid groups (broad SMARTS) is 1. The zero-order chi connectivity index (χ0) is 19.9. The molecule has 7 heteroatoms. The van der Waals surface area contributed by atoms with Crippen LogP contribution in [0.3, 0.4) is 0 Å². The van der Waals surface area contributed by atoms with Crippen molar-refractivity contribution in [3.8, 4) is 17.2 Å². The molecule has 0 spiro atoms. The predicted octanol–water partition coefficient (Wildman–Crippen LogP) is 2.53. The first-order valence-corrected chi connectivity index (χ1v) is 9.19. The molecule has 28 heavy (non-hydrogen) atoms. The lowest BCUT2D eigenvalue weighted by atomic mass is 9.99. The Kier molecular flexibility index (Phi) is 6.37. The number of rotatable bonds is 8. The lowest BCUT2D eigenvalue weighted by Crippen LogP contribution is -2.34. The molecule has 7 nitrogen and oxygen atoms in total. The highest BCUT2D eigenvalue weighted by atomic mass is 16.6. The molecule has 2 aromatic carbocycles. The molecule has 0 aromatic heterocycles. The van der Waals surface area contributed by atoms with Gasteiger partial charge in [0.05, 0.1) is 12.5 Å². The van der Waals surface area contributed by atoms with Crippen molar-refractivity contribution in [2.24, 2.45) is 5.92 Å². The van der Waals surface area contributed by atoms with Crippen LogP contribution in [0.4, 0.5) is 0 Å². The molecule has 2 aromatic rings. The molecule has 2 N–H and O–H groups in total. The van der Waals surface area contributed by atoms with Gasteiger partial charge in [-0.1, -0.05) is 12.1 Å². The van der Waals surface area contributed by atoms with Gasteiger partial charge in [0.2, 0.25) is 0 Å². The Hall–Kier alpha value is -3.22. The molecule has 0 radical (unpaired) electrons. The van der Waals surface area contributed by atoms with Crippen molar-refractivity contribution < 1.29 is 28.9 Å². The average Bonchev–Trinajstić information content (AvgIpc) is 2.71. The summed E-state index contributed by atoms with van der Waals surface area (Å²) >= 11 is 0. The summed E-state index contributed by atoms with van der Waals surface area (Å²) in [6, 6.07) is 12.2. The van der Waals surface area contributed by atoms with Gasteiger partial charge < -0.3 is 24.6 Å². The lowest BCUT2D eigenvalue weighted by molar-refractivity contribution is -0.141. The number of hydrogen-bond acceptors (Lipinski definition) is 5. The van der Waals surface area contributed by atoms with E-state index < -0.39 is 11.9 Å². The van der Waals surface area contributed by atoms with E-state index in [0.717, 1.165) is 11.3 Å². The number of carbonyl (C=O) groups excluding carboxylic acids is 1. The van der Waals surface area contributed by atoms with Crippen LogP contribution in [-0.2, 0) is 11.2 Å². The van der Waals surface area contributed by atoms with E-state index in [1.165, 1.54) is 0 Å². The van der Waals surface area contributed by atoms with Gasteiger partial charge in [-0.25, -0.2) is 0 Å². The monoisotopic (exact) mass is 385 g/mol. The molecule has 1 amide bonds. The molecule has 3 rings (SSSR count). The molecular weight excluding hydrogens is 362 g/mol. The first-order chi connectivity index (χ1) is 13.6. The third kappa shape index (κ3) is 4.94. The standard InChI is InChI=1S/C21H23NO6/c1-2-26-17-6-3-14(4-7-17)11-16(21(24)25)13-22-20(23)15-5-8-18-19(12-15)28-10-9-27-18/h3-8,12,16H,2,9-11,13H2,1H3,(H,22,23)(H,24,25). The summed E-state index contributed by atoms with van der Waals surface area (Å²) in [6.07, 6.45) is 0.309. The quantitative estimate of drug-likeness (QED) is 0.725. The number of benzene rings is 2. The SMILES string of the molecule is CCOc1ccc(CC(CNC(=O)c2ccc3c(c2)OCCO3)C(=O)O)cc1. The number of amides is 1. The summed E-state index contributed by atoms with van der Waals surface area (Å²) < 4.78 is 16.3. The molecular formula is C21H23NO6. The topological polar surface area (TPSA) is 94.1 Å². The van der Waals surface area contributed by atoms with Gasteiger partial charge in [-0.15, -0.1) is 0 Å². The van der Waals surface area contributed by atoms with Crippen LogP contribution in [0.25, 0.3) is 0 Å². The normalized spacial score (nSPS) is 13.5. The fourth-order valence-corrected chi connectivity index (χ4v) is 2.92. The molecule has 0 saturated heterocycles. The summed E-state index contributed by atoms with van der Waals surface area (Å²) in [5, 5.41) is 12.2. The number of aliphatic carboxylic acids is 1. The number of hydrogen-bond donors (Lipinski definition) is 2. The summed E-state index contributed by atoms with van der Waals surface area (Å²) in [5.41, 5.74) is 1.26. The number of fused-ring (bicyclic) bond motifs is 1. The van der Waals surface area contributed by atoms with Crippen LogP contribution >= 0.6 is 0 Å². The van der Waals surface area contributed by atoms with Crippen LogP contribution < -0.4 is 19.5 Å². The zero-order valence-electron chi connectivity index (χ0n) is 15.6. The second-order valence-electron chi connectivity index (χ2n) is 6.38. The van der Waals surface area contributed by atoms with Gasteiger partial charge >= 0.3 is 5.97 Å². The van der Waals surface area contributed by atoms with Crippen molar-refractivity contribution in [2.75, 3.05) is 26.4 Å². The van der Waals surface area contributed by atoms with Crippen LogP contribution in [0.5, 0.6) is 17.2 Å². The highest BCUT2D eigenvalue weighted by molar-refractivity contribution is 5.95. The van der Waals surface area contributed by atoms with Crippen LogP contribution in [0.2, 0.25) is 0 Å². The second-order valence-corrected chi connectivity index (χ2v) is 6.38. The van der Waals surface area contributed by atoms with E-state index in [0.29, 0.717) is 43.3 Å². The first kappa shape index (κ1) is 19.5. The lowest BCUT2D eigenvalue weighted by Gasteiger charge is -2.19. The van der Waals surface area contributed by atoms with Gasteiger partial charge in [-0.05, 0) is 49.2 Å². The molecule has 1 heterocycles. The molecule has 1 aliphatic rings. The molecule has 1 aliphatic heterocycles. The summed E-state index contributed by atoms with van der Waals surface area (Å²) in [7, 11) is 0. The highest BCUT2D eigenvalue weighted by Gasteiger charge is 2.20. The third-order valence-corrected chi connectivity index (χ3v) is 4.38. The first-order valence-electron chi connectivity index (χ1n) is 9.19. The van der Waals surface area contributed by atoms with Gasteiger partial charge in [0.1, 0.15) is 19.0 Å². The summed E-state index contributed by atoms with van der Waals surface area (Å²) in [5.74, 6) is -0.194. The van der Waals surface area contributed by atoms with E-state index in [9.17, 15) is 14.7 Å². The van der Waals surface area contributed by atoms with Crippen LogP contribution in [0.1, 0.15) is 22.8 Å². The van der Waals surface area contributed by atoms with E-state index >= 15 is 0 Å². The number of nitrogens with one attached hydrogen (secondary N) is 1. The minimum absolute atomic E-state index is 0.0236. The van der Waals surface area contributed by atoms with Crippen LogP contribution in [0, 0.1) is 5.92 Å². The van der Waals surface area contributed by atoms with Crippen molar-refractivity contribution in [2.45, 2.75) is 13.3 Å². The van der Waals surface area contributed by atoms with Gasteiger partial charge in [0, 0.05) is 12.1 Å². The third-order valence-electron chi connectivity index (χ3n) is 4.38. The minimum Gasteiger partial charge on any atom is -0.494 e. The Morgan fingerprint density at radius 3 is 2.50 bits per heavy atom. The van der Waals surface area contributed by atoms with Crippen molar-refractivity contribution in [3.05, 3.63) is 53.6 Å². The number of carbonyl (C=O) groups is 2. The van der Waals surface area contributed by atoms with Crippen LogP contribution in [0.15, 0.2) is 42.5 Å². The van der Waals surface area contributed by atoms with E-state index in [1.807, 2.05) is 31.2 Å².